The highest BCUT2D eigenvalue weighted by Crippen LogP contribution is 2.47. The average molecular weight is 471 g/mol. The number of allylic oxidation sites excluding steroid dienone is 2. The molecule has 1 aromatic heterocycles. The molecule has 0 radical (unpaired) electrons. The van der Waals surface area contributed by atoms with Crippen LogP contribution < -0.4 is 5.32 Å². The fraction of sp³-hybridized carbons (Fsp3) is 0.310. The lowest BCUT2D eigenvalue weighted by Gasteiger charge is -2.37. The lowest BCUT2D eigenvalue weighted by Crippen LogP contribution is -2.38. The zero-order valence-electron chi connectivity index (χ0n) is 20.5. The third-order valence-corrected chi connectivity index (χ3v) is 7.21. The Morgan fingerprint density at radius 3 is 2.63 bits per heavy atom. The molecule has 0 fully saturated rings. The number of methoxy groups -OCH3 is 2. The van der Waals surface area contributed by atoms with Gasteiger partial charge in [-0.1, -0.05) is 35.9 Å². The minimum absolute atomic E-state index is 0.0548. The summed E-state index contributed by atoms with van der Waals surface area (Å²) in [4.78, 5) is 30.2. The molecule has 6 heteroatoms. The molecule has 2 aromatic carbocycles. The van der Waals surface area contributed by atoms with Crippen LogP contribution in [-0.2, 0) is 19.1 Å². The van der Waals surface area contributed by atoms with Crippen molar-refractivity contribution in [3.8, 4) is 0 Å². The highest BCUT2D eigenvalue weighted by Gasteiger charge is 2.42. The molecule has 2 heterocycles. The molecule has 35 heavy (non-hydrogen) atoms. The second-order valence-corrected chi connectivity index (χ2v) is 9.44. The predicted octanol–water partition coefficient (Wildman–Crippen LogP) is 4.95. The summed E-state index contributed by atoms with van der Waals surface area (Å²) in [6, 6.07) is 14.3. The molecule has 0 spiro atoms. The maximum Gasteiger partial charge on any atom is 0.336 e. The minimum atomic E-state index is -0.532. The van der Waals surface area contributed by atoms with Crippen molar-refractivity contribution >= 4 is 22.7 Å². The van der Waals surface area contributed by atoms with Crippen LogP contribution in [0.4, 0.5) is 0 Å². The lowest BCUT2D eigenvalue weighted by molar-refractivity contribution is -0.136. The van der Waals surface area contributed by atoms with Crippen LogP contribution in [0.2, 0.25) is 0 Å². The number of carbonyl (C=O) groups is 2. The van der Waals surface area contributed by atoms with Crippen molar-refractivity contribution in [2.75, 3.05) is 20.8 Å². The molecule has 3 aromatic rings. The monoisotopic (exact) mass is 470 g/mol. The average Bonchev–Trinajstić information content (AvgIpc) is 3.32. The highest BCUT2D eigenvalue weighted by molar-refractivity contribution is 6.05. The Morgan fingerprint density at radius 2 is 1.89 bits per heavy atom. The molecule has 5 rings (SSSR count). The van der Waals surface area contributed by atoms with Crippen LogP contribution in [0.1, 0.15) is 46.9 Å². The summed E-state index contributed by atoms with van der Waals surface area (Å²) in [5, 5.41) is 4.41. The van der Waals surface area contributed by atoms with Crippen molar-refractivity contribution in [2.45, 2.75) is 38.5 Å². The summed E-state index contributed by atoms with van der Waals surface area (Å²) in [7, 11) is 2.97. The molecule has 0 amide bonds. The SMILES string of the molecule is COCC1=C(C(=O)OC)C(c2cccc3[nH]ccc23)C2=C(CC(c3ccc(C)cc3C)CC2=O)N1. The van der Waals surface area contributed by atoms with Gasteiger partial charge in [-0.05, 0) is 55.0 Å². The van der Waals surface area contributed by atoms with E-state index >= 15 is 0 Å². The highest BCUT2D eigenvalue weighted by atomic mass is 16.5. The molecule has 180 valence electrons. The van der Waals surface area contributed by atoms with E-state index in [1.165, 1.54) is 23.8 Å². The van der Waals surface area contributed by atoms with Crippen molar-refractivity contribution in [2.24, 2.45) is 0 Å². The Balaban J connectivity index is 1.69. The maximum atomic E-state index is 13.9. The summed E-state index contributed by atoms with van der Waals surface area (Å²) in [6.07, 6.45) is 2.96. The van der Waals surface area contributed by atoms with E-state index in [0.717, 1.165) is 22.2 Å². The van der Waals surface area contributed by atoms with Crippen LogP contribution in [0.15, 0.2) is 71.2 Å². The first-order chi connectivity index (χ1) is 16.9. The van der Waals surface area contributed by atoms with Crippen LogP contribution in [0.25, 0.3) is 10.9 Å². The number of aromatic nitrogens is 1. The summed E-state index contributed by atoms with van der Waals surface area (Å²) in [5.74, 6) is -0.866. The summed E-state index contributed by atoms with van der Waals surface area (Å²) < 4.78 is 10.7. The zero-order valence-corrected chi connectivity index (χ0v) is 20.5. The van der Waals surface area contributed by atoms with Gasteiger partial charge in [0.05, 0.1) is 25.0 Å². The number of H-pyrrole nitrogens is 1. The summed E-state index contributed by atoms with van der Waals surface area (Å²) in [5.41, 5.74) is 8.05. The second-order valence-electron chi connectivity index (χ2n) is 9.44. The van der Waals surface area contributed by atoms with Gasteiger partial charge < -0.3 is 19.8 Å². The van der Waals surface area contributed by atoms with E-state index in [1.54, 1.807) is 7.11 Å². The Hall–Kier alpha value is -3.64. The van der Waals surface area contributed by atoms with E-state index in [4.69, 9.17) is 9.47 Å². The Kier molecular flexibility index (Phi) is 6.07. The molecule has 2 unspecified atom stereocenters. The Bertz CT molecular complexity index is 1390. The number of ether oxygens (including phenoxy) is 2. The van der Waals surface area contributed by atoms with Gasteiger partial charge in [0.1, 0.15) is 0 Å². The van der Waals surface area contributed by atoms with Gasteiger partial charge >= 0.3 is 5.97 Å². The van der Waals surface area contributed by atoms with Crippen molar-refractivity contribution in [3.05, 3.63) is 93.5 Å². The molecule has 1 aliphatic carbocycles. The number of aromatic amines is 1. The Morgan fingerprint density at radius 1 is 1.06 bits per heavy atom. The van der Waals surface area contributed by atoms with Gasteiger partial charge in [0.2, 0.25) is 0 Å². The van der Waals surface area contributed by atoms with Crippen LogP contribution in [0.5, 0.6) is 0 Å². The number of hydrogen-bond donors (Lipinski definition) is 2. The normalized spacial score (nSPS) is 20.2. The molecule has 2 atom stereocenters. The standard InChI is InChI=1S/C29H30N2O4/c1-16-8-9-19(17(2)12-16)18-13-23-27(25(32)14-18)26(21-6-5-7-22-20(21)10-11-30-22)28(29(33)35-4)24(31-23)15-34-3/h5-12,18,26,30-31H,13-15H2,1-4H3. The number of rotatable bonds is 5. The molecular weight excluding hydrogens is 440 g/mol. The van der Waals surface area contributed by atoms with Gasteiger partial charge in [-0.25, -0.2) is 4.79 Å². The number of aryl methyl sites for hydroxylation is 2. The van der Waals surface area contributed by atoms with E-state index in [2.05, 4.69) is 42.3 Å². The fourth-order valence-corrected chi connectivity index (χ4v) is 5.74. The minimum Gasteiger partial charge on any atom is -0.466 e. The van der Waals surface area contributed by atoms with E-state index in [-0.39, 0.29) is 18.3 Å². The first-order valence-corrected chi connectivity index (χ1v) is 11.9. The van der Waals surface area contributed by atoms with Gasteiger partial charge in [0.15, 0.2) is 5.78 Å². The second kappa shape index (κ2) is 9.19. The number of carbonyl (C=O) groups excluding carboxylic acids is 2. The molecule has 2 N–H and O–H groups in total. The van der Waals surface area contributed by atoms with Gasteiger partial charge in [-0.15, -0.1) is 0 Å². The van der Waals surface area contributed by atoms with Crippen molar-refractivity contribution in [1.82, 2.24) is 10.3 Å². The first-order valence-electron chi connectivity index (χ1n) is 11.9. The van der Waals surface area contributed by atoms with Gasteiger partial charge in [-0.2, -0.15) is 0 Å². The quantitative estimate of drug-likeness (QED) is 0.516. The smallest absolute Gasteiger partial charge is 0.336 e. The zero-order chi connectivity index (χ0) is 24.7. The number of dihydropyridines is 1. The van der Waals surface area contributed by atoms with E-state index in [9.17, 15) is 9.59 Å². The number of esters is 1. The fourth-order valence-electron chi connectivity index (χ4n) is 5.74. The summed E-state index contributed by atoms with van der Waals surface area (Å²) in [6.45, 7) is 4.39. The van der Waals surface area contributed by atoms with Crippen LogP contribution in [0, 0.1) is 13.8 Å². The van der Waals surface area contributed by atoms with Crippen LogP contribution in [0.3, 0.4) is 0 Å². The largest absolute Gasteiger partial charge is 0.466 e. The molecule has 0 saturated heterocycles. The van der Waals surface area contributed by atoms with Crippen molar-refractivity contribution in [1.29, 1.82) is 0 Å². The molecule has 1 aliphatic heterocycles. The number of ketones is 1. The number of nitrogens with one attached hydrogen (secondary N) is 2. The third-order valence-electron chi connectivity index (χ3n) is 7.21. The molecule has 0 saturated carbocycles. The Labute approximate surface area is 205 Å². The number of benzene rings is 2. The van der Waals surface area contributed by atoms with Gasteiger partial charge in [0.25, 0.3) is 0 Å². The van der Waals surface area contributed by atoms with E-state index in [0.29, 0.717) is 29.7 Å². The molecule has 0 bridgehead atoms. The van der Waals surface area contributed by atoms with Gasteiger partial charge in [0, 0.05) is 47.8 Å². The van der Waals surface area contributed by atoms with Crippen molar-refractivity contribution < 1.29 is 19.1 Å². The maximum absolute atomic E-state index is 13.9. The van der Waals surface area contributed by atoms with E-state index in [1.807, 2.05) is 30.5 Å². The number of fused-ring (bicyclic) bond motifs is 1. The third kappa shape index (κ3) is 3.98. The lowest BCUT2D eigenvalue weighted by atomic mass is 9.70. The predicted molar refractivity (Wildman–Crippen MR) is 135 cm³/mol. The van der Waals surface area contributed by atoms with Crippen molar-refractivity contribution in [3.63, 3.8) is 0 Å². The van der Waals surface area contributed by atoms with E-state index < -0.39 is 11.9 Å². The topological polar surface area (TPSA) is 80.4 Å². The molecule has 6 nitrogen and oxygen atoms in total. The molecule has 2 aliphatic rings. The van der Waals surface area contributed by atoms with Gasteiger partial charge in [-0.3, -0.25) is 4.79 Å². The van der Waals surface area contributed by atoms with Crippen LogP contribution >= 0.6 is 0 Å². The molecular formula is C29H30N2O4. The number of Topliss-reactive ketones (excluding diaryl/α,β-unsaturated/α-hetero) is 1. The summed E-state index contributed by atoms with van der Waals surface area (Å²) >= 11 is 0. The van der Waals surface area contributed by atoms with Crippen LogP contribution in [-0.4, -0.2) is 37.6 Å². The first kappa shape index (κ1) is 23.1. The number of hydrogen-bond acceptors (Lipinski definition) is 5.